The van der Waals surface area contributed by atoms with Crippen molar-refractivity contribution in [3.63, 3.8) is 0 Å². The summed E-state index contributed by atoms with van der Waals surface area (Å²) in [5.74, 6) is -0.682. The topological polar surface area (TPSA) is 93.1 Å². The minimum Gasteiger partial charge on any atom is -0.462 e. The van der Waals surface area contributed by atoms with Crippen molar-refractivity contribution in [3.05, 3.63) is 48.6 Å². The van der Waals surface area contributed by atoms with Crippen molar-refractivity contribution in [1.29, 1.82) is 0 Å². The van der Waals surface area contributed by atoms with E-state index in [9.17, 15) is 19.8 Å². The molecule has 0 aliphatic rings. The Kier molecular flexibility index (Phi) is 34.0. The Morgan fingerprint density at radius 3 is 1.74 bits per heavy atom. The fourth-order valence-electron chi connectivity index (χ4n) is 5.07. The SMILES string of the molecule is CCCCCCCCCCCCCCCCC(=O)OC[C@H](CO)OC(=O)CCC/C=C\C/C=C\C/C=C\C=C\[C@@H](O)CCCCC. The van der Waals surface area contributed by atoms with Crippen LogP contribution >= 0.6 is 0 Å². The fraction of sp³-hybridized carbons (Fsp3) is 0.750. The van der Waals surface area contributed by atoms with Crippen LogP contribution in [0.4, 0.5) is 0 Å². The summed E-state index contributed by atoms with van der Waals surface area (Å²) in [7, 11) is 0. The summed E-state index contributed by atoms with van der Waals surface area (Å²) < 4.78 is 10.5. The fourth-order valence-corrected chi connectivity index (χ4v) is 5.07. The smallest absolute Gasteiger partial charge is 0.306 e. The number of aliphatic hydroxyl groups is 2. The molecule has 0 saturated carbocycles. The first-order valence-electron chi connectivity index (χ1n) is 18.8. The van der Waals surface area contributed by atoms with Crippen molar-refractivity contribution in [2.24, 2.45) is 0 Å². The quantitative estimate of drug-likeness (QED) is 0.0319. The number of hydrogen-bond donors (Lipinski definition) is 2. The normalized spacial score (nSPS) is 13.4. The number of esters is 2. The number of rotatable bonds is 33. The van der Waals surface area contributed by atoms with Crippen LogP contribution in [0.25, 0.3) is 0 Å². The first kappa shape index (κ1) is 43.8. The molecular weight excluding hydrogens is 576 g/mol. The van der Waals surface area contributed by atoms with Crippen LogP contribution in [-0.4, -0.2) is 47.6 Å². The molecule has 0 rings (SSSR count). The van der Waals surface area contributed by atoms with Crippen LogP contribution in [0.5, 0.6) is 0 Å². The van der Waals surface area contributed by atoms with Crippen LogP contribution in [0.1, 0.15) is 168 Å². The average Bonchev–Trinajstić information content (AvgIpc) is 3.05. The number of allylic oxidation sites excluding steroid dienone is 7. The van der Waals surface area contributed by atoms with E-state index in [0.717, 1.165) is 57.8 Å². The number of carbonyl (C=O) groups is 2. The van der Waals surface area contributed by atoms with Gasteiger partial charge < -0.3 is 19.7 Å². The molecule has 0 spiro atoms. The summed E-state index contributed by atoms with van der Waals surface area (Å²) in [6, 6.07) is 0. The van der Waals surface area contributed by atoms with Crippen molar-refractivity contribution in [2.45, 2.75) is 180 Å². The van der Waals surface area contributed by atoms with Gasteiger partial charge in [-0.05, 0) is 38.5 Å². The Morgan fingerprint density at radius 2 is 1.13 bits per heavy atom. The van der Waals surface area contributed by atoms with E-state index in [1.54, 1.807) is 0 Å². The predicted molar refractivity (Wildman–Crippen MR) is 193 cm³/mol. The molecular formula is C40H70O6. The molecule has 2 N–H and O–H groups in total. The highest BCUT2D eigenvalue weighted by atomic mass is 16.6. The molecule has 0 aromatic carbocycles. The van der Waals surface area contributed by atoms with Gasteiger partial charge in [-0.15, -0.1) is 0 Å². The van der Waals surface area contributed by atoms with Gasteiger partial charge in [0.1, 0.15) is 6.61 Å². The first-order valence-corrected chi connectivity index (χ1v) is 18.8. The molecule has 2 atom stereocenters. The molecule has 0 amide bonds. The second-order valence-corrected chi connectivity index (χ2v) is 12.5. The number of unbranched alkanes of at least 4 members (excludes halogenated alkanes) is 16. The van der Waals surface area contributed by atoms with Crippen molar-refractivity contribution in [1.82, 2.24) is 0 Å². The van der Waals surface area contributed by atoms with Gasteiger partial charge in [0.15, 0.2) is 6.10 Å². The van der Waals surface area contributed by atoms with E-state index < -0.39 is 6.10 Å². The largest absolute Gasteiger partial charge is 0.462 e. The highest BCUT2D eigenvalue weighted by molar-refractivity contribution is 5.70. The van der Waals surface area contributed by atoms with Crippen LogP contribution in [0, 0.1) is 0 Å². The maximum atomic E-state index is 12.1. The van der Waals surface area contributed by atoms with Gasteiger partial charge in [-0.25, -0.2) is 0 Å². The van der Waals surface area contributed by atoms with E-state index in [1.807, 2.05) is 18.2 Å². The monoisotopic (exact) mass is 647 g/mol. The van der Waals surface area contributed by atoms with Gasteiger partial charge in [0.2, 0.25) is 0 Å². The number of ether oxygens (including phenoxy) is 2. The summed E-state index contributed by atoms with van der Waals surface area (Å²) >= 11 is 0. The van der Waals surface area contributed by atoms with Crippen molar-refractivity contribution >= 4 is 11.9 Å². The van der Waals surface area contributed by atoms with Gasteiger partial charge in [-0.1, -0.05) is 165 Å². The van der Waals surface area contributed by atoms with Gasteiger partial charge >= 0.3 is 11.9 Å². The highest BCUT2D eigenvalue weighted by Crippen LogP contribution is 2.14. The number of carbonyl (C=O) groups excluding carboxylic acids is 2. The zero-order chi connectivity index (χ0) is 33.8. The third-order valence-electron chi connectivity index (χ3n) is 7.98. The zero-order valence-electron chi connectivity index (χ0n) is 29.7. The van der Waals surface area contributed by atoms with Gasteiger partial charge in [-0.2, -0.15) is 0 Å². The van der Waals surface area contributed by atoms with E-state index in [1.165, 1.54) is 77.0 Å². The Labute approximate surface area is 282 Å². The number of aliphatic hydroxyl groups excluding tert-OH is 2. The van der Waals surface area contributed by atoms with Crippen LogP contribution in [0.15, 0.2) is 48.6 Å². The van der Waals surface area contributed by atoms with Crippen LogP contribution in [-0.2, 0) is 19.1 Å². The van der Waals surface area contributed by atoms with E-state index in [-0.39, 0.29) is 37.7 Å². The third-order valence-corrected chi connectivity index (χ3v) is 7.98. The predicted octanol–water partition coefficient (Wildman–Crippen LogP) is 10.4. The Hall–Kier alpha value is -2.18. The molecule has 0 bridgehead atoms. The molecule has 0 aliphatic heterocycles. The van der Waals surface area contributed by atoms with Gasteiger partial charge in [0, 0.05) is 12.8 Å². The second-order valence-electron chi connectivity index (χ2n) is 12.5. The van der Waals surface area contributed by atoms with Gasteiger partial charge in [-0.3, -0.25) is 9.59 Å². The minimum atomic E-state index is -0.811. The van der Waals surface area contributed by atoms with Crippen molar-refractivity contribution in [2.75, 3.05) is 13.2 Å². The summed E-state index contributed by atoms with van der Waals surface area (Å²) in [6.45, 7) is 3.96. The summed E-state index contributed by atoms with van der Waals surface area (Å²) in [4.78, 5) is 24.2. The lowest BCUT2D eigenvalue weighted by Gasteiger charge is -2.15. The lowest BCUT2D eigenvalue weighted by Crippen LogP contribution is -2.28. The standard InChI is InChI=1S/C40H70O6/c1-3-5-7-8-9-10-11-12-13-16-19-22-25-29-33-39(43)45-36-38(35-41)46-40(44)34-30-26-23-20-17-14-15-18-21-24-28-32-37(42)31-27-6-4-2/h14-15,20-21,23-24,28,32,37-38,41-42H,3-13,16-19,22,25-27,29-31,33-36H2,1-2H3/b15-14-,23-20-,24-21-,32-28+/t37-,38-/m0/s1. The minimum absolute atomic E-state index is 0.0988. The van der Waals surface area contributed by atoms with Gasteiger partial charge in [0.05, 0.1) is 12.7 Å². The molecule has 0 fully saturated rings. The van der Waals surface area contributed by atoms with Crippen LogP contribution < -0.4 is 0 Å². The first-order chi connectivity index (χ1) is 22.5. The molecule has 0 saturated heterocycles. The molecule has 6 heteroatoms. The number of hydrogen-bond acceptors (Lipinski definition) is 6. The van der Waals surface area contributed by atoms with E-state index in [0.29, 0.717) is 12.8 Å². The van der Waals surface area contributed by atoms with Crippen molar-refractivity contribution in [3.8, 4) is 0 Å². The molecule has 0 radical (unpaired) electrons. The average molecular weight is 647 g/mol. The maximum Gasteiger partial charge on any atom is 0.306 e. The summed E-state index contributed by atoms with van der Waals surface area (Å²) in [6.07, 6.45) is 40.7. The van der Waals surface area contributed by atoms with E-state index in [2.05, 4.69) is 44.2 Å². The summed E-state index contributed by atoms with van der Waals surface area (Å²) in [5.41, 5.74) is 0. The van der Waals surface area contributed by atoms with E-state index >= 15 is 0 Å². The Bertz CT molecular complexity index is 800. The van der Waals surface area contributed by atoms with Crippen molar-refractivity contribution < 1.29 is 29.3 Å². The molecule has 0 aliphatic carbocycles. The van der Waals surface area contributed by atoms with E-state index in [4.69, 9.17) is 9.47 Å². The maximum absolute atomic E-state index is 12.1. The van der Waals surface area contributed by atoms with Crippen LogP contribution in [0.3, 0.4) is 0 Å². The molecule has 6 nitrogen and oxygen atoms in total. The molecule has 0 aromatic heterocycles. The zero-order valence-corrected chi connectivity index (χ0v) is 29.7. The van der Waals surface area contributed by atoms with Crippen LogP contribution in [0.2, 0.25) is 0 Å². The summed E-state index contributed by atoms with van der Waals surface area (Å²) in [5, 5.41) is 19.4. The molecule has 0 unspecified atom stereocenters. The Morgan fingerprint density at radius 1 is 0.609 bits per heavy atom. The molecule has 266 valence electrons. The molecule has 46 heavy (non-hydrogen) atoms. The lowest BCUT2D eigenvalue weighted by molar-refractivity contribution is -0.161. The Balaban J connectivity index is 3.72. The third kappa shape index (κ3) is 33.2. The lowest BCUT2D eigenvalue weighted by atomic mass is 10.0. The molecule has 0 aromatic rings. The second kappa shape index (κ2) is 35.7. The van der Waals surface area contributed by atoms with Gasteiger partial charge in [0.25, 0.3) is 0 Å². The molecule has 0 heterocycles. The highest BCUT2D eigenvalue weighted by Gasteiger charge is 2.16.